The molecule has 2 aromatic carbocycles. The van der Waals surface area contributed by atoms with E-state index in [1.165, 1.54) is 0 Å². The summed E-state index contributed by atoms with van der Waals surface area (Å²) in [6.07, 6.45) is 5.11. The Morgan fingerprint density at radius 2 is 1.69 bits per heavy atom. The summed E-state index contributed by atoms with van der Waals surface area (Å²) in [4.78, 5) is 13.2. The van der Waals surface area contributed by atoms with E-state index in [0.717, 1.165) is 54.5 Å². The van der Waals surface area contributed by atoms with Gasteiger partial charge in [-0.3, -0.25) is 4.79 Å². The number of benzene rings is 2. The van der Waals surface area contributed by atoms with Crippen LogP contribution in [-0.2, 0) is 24.3 Å². The van der Waals surface area contributed by atoms with Gasteiger partial charge in [0.25, 0.3) is 5.56 Å². The minimum Gasteiger partial charge on any atom is -0.377 e. The van der Waals surface area contributed by atoms with Crippen molar-refractivity contribution in [3.63, 3.8) is 0 Å². The maximum absolute atomic E-state index is 13.2. The molecule has 4 nitrogen and oxygen atoms in total. The van der Waals surface area contributed by atoms with Crippen molar-refractivity contribution in [1.29, 1.82) is 5.26 Å². The van der Waals surface area contributed by atoms with Crippen molar-refractivity contribution in [2.75, 3.05) is 6.61 Å². The van der Waals surface area contributed by atoms with Gasteiger partial charge < -0.3 is 9.30 Å². The first kappa shape index (κ1) is 23.5. The fourth-order valence-corrected chi connectivity index (χ4v) is 3.75. The van der Waals surface area contributed by atoms with Crippen LogP contribution in [0.1, 0.15) is 61.9 Å². The number of hydrogen-bond acceptors (Lipinski definition) is 3. The number of pyridine rings is 1. The first-order chi connectivity index (χ1) is 15.7. The third-order valence-corrected chi connectivity index (χ3v) is 5.68. The minimum absolute atomic E-state index is 0.0361. The minimum atomic E-state index is 0.0361. The van der Waals surface area contributed by atoms with E-state index in [0.29, 0.717) is 30.9 Å². The Hall–Kier alpha value is -3.16. The highest BCUT2D eigenvalue weighted by Gasteiger charge is 2.11. The van der Waals surface area contributed by atoms with Gasteiger partial charge in [-0.15, -0.1) is 0 Å². The molecule has 0 saturated heterocycles. The Morgan fingerprint density at radius 3 is 2.41 bits per heavy atom. The summed E-state index contributed by atoms with van der Waals surface area (Å²) in [5.41, 5.74) is 5.46. The lowest BCUT2D eigenvalue weighted by atomic mass is 9.99. The van der Waals surface area contributed by atoms with Crippen molar-refractivity contribution in [1.82, 2.24) is 4.57 Å². The molecule has 1 aromatic heterocycles. The van der Waals surface area contributed by atoms with E-state index in [-0.39, 0.29) is 5.56 Å². The lowest BCUT2D eigenvalue weighted by molar-refractivity contribution is 0.117. The molecule has 0 aliphatic carbocycles. The summed E-state index contributed by atoms with van der Waals surface area (Å²) in [6, 6.07) is 22.0. The van der Waals surface area contributed by atoms with Crippen molar-refractivity contribution in [2.24, 2.45) is 0 Å². The molecule has 3 aromatic rings. The number of rotatable bonds is 11. The van der Waals surface area contributed by atoms with Gasteiger partial charge in [-0.2, -0.15) is 5.26 Å². The van der Waals surface area contributed by atoms with Gasteiger partial charge in [0, 0.05) is 17.9 Å². The van der Waals surface area contributed by atoms with Gasteiger partial charge in [0.2, 0.25) is 0 Å². The predicted octanol–water partition coefficient (Wildman–Crippen LogP) is 6.09. The lowest BCUT2D eigenvalue weighted by Crippen LogP contribution is -2.27. The lowest BCUT2D eigenvalue weighted by Gasteiger charge is -2.15. The second kappa shape index (κ2) is 12.0. The summed E-state index contributed by atoms with van der Waals surface area (Å²) >= 11 is 0. The van der Waals surface area contributed by atoms with Gasteiger partial charge in [0.1, 0.15) is 0 Å². The summed E-state index contributed by atoms with van der Waals surface area (Å²) in [6.45, 7) is 5.86. The third kappa shape index (κ3) is 5.96. The van der Waals surface area contributed by atoms with Crippen molar-refractivity contribution in [3.8, 4) is 17.2 Å². The van der Waals surface area contributed by atoms with E-state index >= 15 is 0 Å². The molecule has 0 aliphatic heterocycles. The molecule has 1 heterocycles. The number of aryl methyl sites for hydroxylation is 1. The van der Waals surface area contributed by atoms with Gasteiger partial charge in [-0.05, 0) is 54.2 Å². The molecule has 32 heavy (non-hydrogen) atoms. The van der Waals surface area contributed by atoms with Crippen LogP contribution in [0.2, 0.25) is 0 Å². The van der Waals surface area contributed by atoms with Gasteiger partial charge in [0.15, 0.2) is 0 Å². The zero-order chi connectivity index (χ0) is 22.8. The second-order valence-corrected chi connectivity index (χ2v) is 8.11. The Bertz CT molecular complexity index is 1110. The Kier molecular flexibility index (Phi) is 8.83. The molecule has 0 N–H and O–H groups in total. The molecule has 0 amide bonds. The molecule has 0 saturated carbocycles. The molecule has 0 spiro atoms. The standard InChI is InChI=1S/C28H32N2O2/c1-3-5-10-26-17-16-25(21-32-18-6-4-2)28(31)30(26)20-22-12-14-23(15-13-22)27-11-8-7-9-24(27)19-29/h7-9,11-17H,3-6,10,18,20-21H2,1-2H3. The number of unbranched alkanes of at least 4 members (excludes halogenated alkanes) is 2. The van der Waals surface area contributed by atoms with E-state index in [2.05, 4.69) is 26.0 Å². The van der Waals surface area contributed by atoms with E-state index in [1.54, 1.807) is 0 Å². The molecule has 0 fully saturated rings. The Labute approximate surface area is 191 Å². The first-order valence-electron chi connectivity index (χ1n) is 11.6. The molecule has 0 atom stereocenters. The van der Waals surface area contributed by atoms with Crippen LogP contribution in [0.5, 0.6) is 0 Å². The van der Waals surface area contributed by atoms with Gasteiger partial charge in [-0.1, -0.05) is 69.2 Å². The highest BCUT2D eigenvalue weighted by atomic mass is 16.5. The highest BCUT2D eigenvalue weighted by Crippen LogP contribution is 2.23. The zero-order valence-corrected chi connectivity index (χ0v) is 19.1. The maximum atomic E-state index is 13.2. The van der Waals surface area contributed by atoms with Crippen LogP contribution in [-0.4, -0.2) is 11.2 Å². The molecule has 166 valence electrons. The van der Waals surface area contributed by atoms with E-state index in [1.807, 2.05) is 59.2 Å². The van der Waals surface area contributed by atoms with Crippen LogP contribution in [0.25, 0.3) is 11.1 Å². The van der Waals surface area contributed by atoms with Crippen LogP contribution in [0.4, 0.5) is 0 Å². The van der Waals surface area contributed by atoms with Crippen molar-refractivity contribution in [2.45, 2.75) is 59.1 Å². The van der Waals surface area contributed by atoms with Gasteiger partial charge in [0.05, 0.1) is 24.8 Å². The summed E-state index contributed by atoms with van der Waals surface area (Å²) in [5.74, 6) is 0. The summed E-state index contributed by atoms with van der Waals surface area (Å²) in [7, 11) is 0. The molecular formula is C28H32N2O2. The quantitative estimate of drug-likeness (QED) is 0.347. The molecule has 0 bridgehead atoms. The summed E-state index contributed by atoms with van der Waals surface area (Å²) < 4.78 is 7.61. The maximum Gasteiger partial charge on any atom is 0.256 e. The fraction of sp³-hybridized carbons (Fsp3) is 0.357. The normalized spacial score (nSPS) is 10.8. The van der Waals surface area contributed by atoms with Crippen molar-refractivity contribution in [3.05, 3.63) is 93.4 Å². The number of hydrogen-bond donors (Lipinski definition) is 0. The van der Waals surface area contributed by atoms with Crippen LogP contribution < -0.4 is 5.56 Å². The molecule has 4 heteroatoms. The highest BCUT2D eigenvalue weighted by molar-refractivity contribution is 5.70. The van der Waals surface area contributed by atoms with Crippen LogP contribution in [0, 0.1) is 11.3 Å². The number of aromatic nitrogens is 1. The molecule has 0 aliphatic rings. The van der Waals surface area contributed by atoms with Crippen molar-refractivity contribution >= 4 is 0 Å². The Morgan fingerprint density at radius 1 is 0.938 bits per heavy atom. The molecule has 3 rings (SSSR count). The van der Waals surface area contributed by atoms with Crippen LogP contribution >= 0.6 is 0 Å². The van der Waals surface area contributed by atoms with E-state index < -0.39 is 0 Å². The van der Waals surface area contributed by atoms with Crippen molar-refractivity contribution < 1.29 is 4.74 Å². The fourth-order valence-electron chi connectivity index (χ4n) is 3.75. The van der Waals surface area contributed by atoms with E-state index in [4.69, 9.17) is 4.74 Å². The van der Waals surface area contributed by atoms with Crippen LogP contribution in [0.15, 0.2) is 65.5 Å². The van der Waals surface area contributed by atoms with Crippen LogP contribution in [0.3, 0.4) is 0 Å². The largest absolute Gasteiger partial charge is 0.377 e. The first-order valence-corrected chi connectivity index (χ1v) is 11.6. The SMILES string of the molecule is CCCCOCc1ccc(CCCC)n(Cc2ccc(-c3ccccc3C#N)cc2)c1=O. The van der Waals surface area contributed by atoms with E-state index in [9.17, 15) is 10.1 Å². The van der Waals surface area contributed by atoms with Gasteiger partial charge in [-0.25, -0.2) is 0 Å². The number of nitrogens with zero attached hydrogens (tertiary/aromatic N) is 2. The molecule has 0 radical (unpaired) electrons. The Balaban J connectivity index is 1.85. The smallest absolute Gasteiger partial charge is 0.256 e. The third-order valence-electron chi connectivity index (χ3n) is 5.68. The zero-order valence-electron chi connectivity index (χ0n) is 19.1. The second-order valence-electron chi connectivity index (χ2n) is 8.11. The predicted molar refractivity (Wildman–Crippen MR) is 130 cm³/mol. The average Bonchev–Trinajstić information content (AvgIpc) is 2.83. The molecule has 0 unspecified atom stereocenters. The topological polar surface area (TPSA) is 55.0 Å². The summed E-state index contributed by atoms with van der Waals surface area (Å²) in [5, 5.41) is 9.38. The number of nitriles is 1. The van der Waals surface area contributed by atoms with Gasteiger partial charge >= 0.3 is 0 Å². The average molecular weight is 429 g/mol. The molecular weight excluding hydrogens is 396 g/mol. The number of ether oxygens (including phenoxy) is 1. The monoisotopic (exact) mass is 428 g/mol.